The molecule has 2 rings (SSSR count). The minimum absolute atomic E-state index is 0.151. The van der Waals surface area contributed by atoms with Gasteiger partial charge in [0.15, 0.2) is 0 Å². The maximum atomic E-state index is 12.5. The molecular weight excluding hydrogens is 288 g/mol. The zero-order chi connectivity index (χ0) is 15.1. The SMILES string of the molecule is CNCCn1nnnc1SC(C)C(=O)N1CCCCCC1. The highest BCUT2D eigenvalue weighted by Crippen LogP contribution is 2.23. The fourth-order valence-corrected chi connectivity index (χ4v) is 3.29. The number of tetrazole rings is 1. The lowest BCUT2D eigenvalue weighted by Crippen LogP contribution is -2.37. The van der Waals surface area contributed by atoms with Gasteiger partial charge in [-0.3, -0.25) is 4.79 Å². The molecule has 7 nitrogen and oxygen atoms in total. The third-order valence-corrected chi connectivity index (χ3v) is 4.68. The zero-order valence-electron chi connectivity index (χ0n) is 12.8. The van der Waals surface area contributed by atoms with Crippen LogP contribution >= 0.6 is 11.8 Å². The Bertz CT molecular complexity index is 444. The van der Waals surface area contributed by atoms with Crippen molar-refractivity contribution in [2.45, 2.75) is 49.6 Å². The number of likely N-dealkylation sites (N-methyl/N-ethyl adjacent to an activating group) is 1. The monoisotopic (exact) mass is 312 g/mol. The van der Waals surface area contributed by atoms with E-state index in [0.717, 1.165) is 32.5 Å². The predicted molar refractivity (Wildman–Crippen MR) is 82.1 cm³/mol. The van der Waals surface area contributed by atoms with Crippen LogP contribution in [0.1, 0.15) is 32.6 Å². The Morgan fingerprint density at radius 1 is 1.33 bits per heavy atom. The molecule has 2 heterocycles. The van der Waals surface area contributed by atoms with E-state index in [-0.39, 0.29) is 11.2 Å². The van der Waals surface area contributed by atoms with Crippen LogP contribution in [0.4, 0.5) is 0 Å². The lowest BCUT2D eigenvalue weighted by atomic mass is 10.2. The van der Waals surface area contributed by atoms with Gasteiger partial charge in [0.05, 0.1) is 11.8 Å². The molecule has 0 radical (unpaired) electrons. The van der Waals surface area contributed by atoms with Gasteiger partial charge in [-0.15, -0.1) is 5.10 Å². The molecule has 0 aromatic carbocycles. The van der Waals surface area contributed by atoms with Crippen molar-refractivity contribution < 1.29 is 4.79 Å². The van der Waals surface area contributed by atoms with Crippen molar-refractivity contribution in [2.75, 3.05) is 26.7 Å². The van der Waals surface area contributed by atoms with E-state index in [2.05, 4.69) is 20.8 Å². The van der Waals surface area contributed by atoms with E-state index < -0.39 is 0 Å². The van der Waals surface area contributed by atoms with Gasteiger partial charge < -0.3 is 10.2 Å². The Labute approximate surface area is 129 Å². The van der Waals surface area contributed by atoms with Crippen molar-refractivity contribution in [3.63, 3.8) is 0 Å². The van der Waals surface area contributed by atoms with Crippen molar-refractivity contribution >= 4 is 17.7 Å². The average Bonchev–Trinajstić information content (AvgIpc) is 2.76. The van der Waals surface area contributed by atoms with Crippen LogP contribution in [-0.4, -0.2) is 62.9 Å². The molecule has 1 fully saturated rings. The van der Waals surface area contributed by atoms with Gasteiger partial charge >= 0.3 is 0 Å². The first-order chi connectivity index (χ1) is 10.2. The molecule has 1 amide bonds. The minimum Gasteiger partial charge on any atom is -0.342 e. The van der Waals surface area contributed by atoms with E-state index in [1.807, 2.05) is 18.9 Å². The molecule has 1 unspecified atom stereocenters. The van der Waals surface area contributed by atoms with Crippen LogP contribution in [0.15, 0.2) is 5.16 Å². The topological polar surface area (TPSA) is 75.9 Å². The maximum absolute atomic E-state index is 12.5. The molecule has 21 heavy (non-hydrogen) atoms. The summed E-state index contributed by atoms with van der Waals surface area (Å²) in [6.45, 7) is 5.21. The summed E-state index contributed by atoms with van der Waals surface area (Å²) in [5.41, 5.74) is 0. The van der Waals surface area contributed by atoms with Crippen LogP contribution in [-0.2, 0) is 11.3 Å². The molecule has 118 valence electrons. The average molecular weight is 312 g/mol. The number of rotatable bonds is 6. The van der Waals surface area contributed by atoms with Crippen molar-refractivity contribution in [3.8, 4) is 0 Å². The Kier molecular flexibility index (Phi) is 6.44. The summed E-state index contributed by atoms with van der Waals surface area (Å²) in [5.74, 6) is 0.199. The molecule has 0 saturated carbocycles. The number of hydrogen-bond donors (Lipinski definition) is 1. The van der Waals surface area contributed by atoms with E-state index in [1.165, 1.54) is 24.6 Å². The summed E-state index contributed by atoms with van der Waals surface area (Å²) in [6, 6.07) is 0. The maximum Gasteiger partial charge on any atom is 0.235 e. The second-order valence-electron chi connectivity index (χ2n) is 5.29. The summed E-state index contributed by atoms with van der Waals surface area (Å²) in [5, 5.41) is 15.3. The van der Waals surface area contributed by atoms with Gasteiger partial charge in [0.1, 0.15) is 0 Å². The predicted octanol–water partition coefficient (Wildman–Crippen LogP) is 0.776. The highest BCUT2D eigenvalue weighted by atomic mass is 32.2. The van der Waals surface area contributed by atoms with E-state index >= 15 is 0 Å². The van der Waals surface area contributed by atoms with Crippen LogP contribution < -0.4 is 5.32 Å². The Balaban J connectivity index is 1.92. The molecule has 8 heteroatoms. The van der Waals surface area contributed by atoms with E-state index in [4.69, 9.17) is 0 Å². The largest absolute Gasteiger partial charge is 0.342 e. The number of likely N-dealkylation sites (tertiary alicyclic amines) is 1. The number of carbonyl (C=O) groups excluding carboxylic acids is 1. The van der Waals surface area contributed by atoms with Gasteiger partial charge in [-0.25, -0.2) is 4.68 Å². The van der Waals surface area contributed by atoms with Crippen LogP contribution in [0.2, 0.25) is 0 Å². The number of thioether (sulfide) groups is 1. The van der Waals surface area contributed by atoms with Crippen LogP contribution in [0, 0.1) is 0 Å². The molecule has 1 aliphatic rings. The molecular formula is C13H24N6OS. The van der Waals surface area contributed by atoms with E-state index in [9.17, 15) is 4.79 Å². The summed E-state index contributed by atoms with van der Waals surface area (Å²) < 4.78 is 1.74. The lowest BCUT2D eigenvalue weighted by Gasteiger charge is -2.23. The number of amides is 1. The number of carbonyl (C=O) groups is 1. The summed E-state index contributed by atoms with van der Waals surface area (Å²) in [6.07, 6.45) is 4.69. The number of nitrogens with zero attached hydrogens (tertiary/aromatic N) is 5. The van der Waals surface area contributed by atoms with Crippen molar-refractivity contribution in [1.29, 1.82) is 0 Å². The van der Waals surface area contributed by atoms with Gasteiger partial charge in [0, 0.05) is 19.6 Å². The summed E-state index contributed by atoms with van der Waals surface area (Å²) in [7, 11) is 1.89. The molecule has 0 bridgehead atoms. The zero-order valence-corrected chi connectivity index (χ0v) is 13.6. The number of hydrogen-bond acceptors (Lipinski definition) is 6. The second-order valence-corrected chi connectivity index (χ2v) is 6.60. The fourth-order valence-electron chi connectivity index (χ4n) is 2.40. The first kappa shape index (κ1) is 16.2. The smallest absolute Gasteiger partial charge is 0.235 e. The van der Waals surface area contributed by atoms with Crippen molar-refractivity contribution in [3.05, 3.63) is 0 Å². The first-order valence-electron chi connectivity index (χ1n) is 7.58. The highest BCUT2D eigenvalue weighted by molar-refractivity contribution is 8.00. The van der Waals surface area contributed by atoms with Crippen LogP contribution in [0.5, 0.6) is 0 Å². The molecule has 1 atom stereocenters. The van der Waals surface area contributed by atoms with Crippen molar-refractivity contribution in [1.82, 2.24) is 30.4 Å². The van der Waals surface area contributed by atoms with Gasteiger partial charge in [0.25, 0.3) is 0 Å². The Hall–Kier alpha value is -1.15. The van der Waals surface area contributed by atoms with Gasteiger partial charge in [-0.05, 0) is 37.2 Å². The van der Waals surface area contributed by atoms with E-state index in [0.29, 0.717) is 11.7 Å². The van der Waals surface area contributed by atoms with Crippen LogP contribution in [0.25, 0.3) is 0 Å². The normalized spacial score (nSPS) is 17.5. The molecule has 0 aliphatic carbocycles. The molecule has 0 spiro atoms. The minimum atomic E-state index is -0.151. The molecule has 1 N–H and O–H groups in total. The number of aromatic nitrogens is 4. The quantitative estimate of drug-likeness (QED) is 0.782. The molecule has 1 saturated heterocycles. The molecule has 1 aromatic rings. The molecule has 1 aliphatic heterocycles. The van der Waals surface area contributed by atoms with Gasteiger partial charge in [-0.2, -0.15) is 0 Å². The van der Waals surface area contributed by atoms with Crippen molar-refractivity contribution in [2.24, 2.45) is 0 Å². The second kappa shape index (κ2) is 8.33. The third-order valence-electron chi connectivity index (χ3n) is 3.62. The Morgan fingerprint density at radius 3 is 2.71 bits per heavy atom. The Morgan fingerprint density at radius 2 is 2.05 bits per heavy atom. The number of nitrogens with one attached hydrogen (secondary N) is 1. The highest BCUT2D eigenvalue weighted by Gasteiger charge is 2.24. The fraction of sp³-hybridized carbons (Fsp3) is 0.846. The third kappa shape index (κ3) is 4.67. The standard InChI is InChI=1S/C13H24N6OS/c1-11(12(20)18-8-5-3-4-6-9-18)21-13-15-16-17-19(13)10-7-14-2/h11,14H,3-10H2,1-2H3. The first-order valence-corrected chi connectivity index (χ1v) is 8.46. The van der Waals surface area contributed by atoms with Crippen LogP contribution in [0.3, 0.4) is 0 Å². The summed E-state index contributed by atoms with van der Waals surface area (Å²) in [4.78, 5) is 14.5. The molecule has 1 aromatic heterocycles. The van der Waals surface area contributed by atoms with Gasteiger partial charge in [0.2, 0.25) is 11.1 Å². The van der Waals surface area contributed by atoms with E-state index in [1.54, 1.807) is 4.68 Å². The van der Waals surface area contributed by atoms with Gasteiger partial charge in [-0.1, -0.05) is 24.6 Å². The lowest BCUT2D eigenvalue weighted by molar-refractivity contribution is -0.130. The summed E-state index contributed by atoms with van der Waals surface area (Å²) >= 11 is 1.44.